The summed E-state index contributed by atoms with van der Waals surface area (Å²) in [5.41, 5.74) is 0.665. The Morgan fingerprint density at radius 2 is 1.90 bits per heavy atom. The first-order valence-corrected chi connectivity index (χ1v) is 6.91. The van der Waals surface area contributed by atoms with Gasteiger partial charge in [-0.25, -0.2) is 4.79 Å². The fraction of sp³-hybridized carbons (Fsp3) is 0.467. The SMILES string of the molecule is CCOC(=O)Cc1ccccc1OC(=O)N1CCCC1. The molecule has 20 heavy (non-hydrogen) atoms. The first kappa shape index (κ1) is 14.4. The Morgan fingerprint density at radius 3 is 2.60 bits per heavy atom. The van der Waals surface area contributed by atoms with Gasteiger partial charge in [0.2, 0.25) is 0 Å². The molecule has 0 N–H and O–H groups in total. The summed E-state index contributed by atoms with van der Waals surface area (Å²) in [5, 5.41) is 0. The average molecular weight is 277 g/mol. The van der Waals surface area contributed by atoms with Crippen LogP contribution in [0.25, 0.3) is 0 Å². The summed E-state index contributed by atoms with van der Waals surface area (Å²) in [4.78, 5) is 25.2. The minimum Gasteiger partial charge on any atom is -0.466 e. The molecule has 0 saturated carbocycles. The van der Waals surface area contributed by atoms with Crippen molar-refractivity contribution in [1.29, 1.82) is 0 Å². The molecule has 5 nitrogen and oxygen atoms in total. The summed E-state index contributed by atoms with van der Waals surface area (Å²) in [7, 11) is 0. The molecule has 1 aliphatic rings. The molecule has 0 radical (unpaired) electrons. The van der Waals surface area contributed by atoms with Crippen molar-refractivity contribution in [2.24, 2.45) is 0 Å². The van der Waals surface area contributed by atoms with Crippen LogP contribution in [0.1, 0.15) is 25.3 Å². The van der Waals surface area contributed by atoms with Crippen molar-refractivity contribution in [3.63, 3.8) is 0 Å². The number of nitrogens with zero attached hydrogens (tertiary/aromatic N) is 1. The highest BCUT2D eigenvalue weighted by molar-refractivity contribution is 5.75. The van der Waals surface area contributed by atoms with Crippen LogP contribution in [-0.2, 0) is 16.0 Å². The van der Waals surface area contributed by atoms with Gasteiger partial charge in [-0.15, -0.1) is 0 Å². The molecule has 1 aromatic carbocycles. The van der Waals surface area contributed by atoms with E-state index in [9.17, 15) is 9.59 Å². The predicted molar refractivity (Wildman–Crippen MR) is 73.6 cm³/mol. The molecule has 0 spiro atoms. The second kappa shape index (κ2) is 6.93. The Labute approximate surface area is 118 Å². The monoisotopic (exact) mass is 277 g/mol. The molecule has 1 aromatic rings. The molecule has 1 saturated heterocycles. The van der Waals surface area contributed by atoms with Crippen LogP contribution in [0.5, 0.6) is 5.75 Å². The lowest BCUT2D eigenvalue weighted by molar-refractivity contribution is -0.142. The number of benzene rings is 1. The Kier molecular flexibility index (Phi) is 4.98. The van der Waals surface area contributed by atoms with Crippen LogP contribution in [0.4, 0.5) is 4.79 Å². The molecule has 0 unspecified atom stereocenters. The fourth-order valence-electron chi connectivity index (χ4n) is 2.18. The Balaban J connectivity index is 2.03. The zero-order valence-electron chi connectivity index (χ0n) is 11.6. The summed E-state index contributed by atoms with van der Waals surface area (Å²) in [6.07, 6.45) is 1.79. The normalized spacial score (nSPS) is 14.2. The highest BCUT2D eigenvalue weighted by Gasteiger charge is 2.21. The molecule has 0 bridgehead atoms. The minimum atomic E-state index is -0.348. The number of hydrogen-bond donors (Lipinski definition) is 0. The van der Waals surface area contributed by atoms with Gasteiger partial charge >= 0.3 is 12.1 Å². The van der Waals surface area contributed by atoms with Gasteiger partial charge in [0.25, 0.3) is 0 Å². The maximum absolute atomic E-state index is 12.0. The second-order valence-electron chi connectivity index (χ2n) is 4.65. The summed E-state index contributed by atoms with van der Waals surface area (Å²) in [6.45, 7) is 3.57. The van der Waals surface area contributed by atoms with Crippen molar-refractivity contribution in [2.75, 3.05) is 19.7 Å². The van der Waals surface area contributed by atoms with Gasteiger partial charge in [-0.2, -0.15) is 0 Å². The van der Waals surface area contributed by atoms with E-state index in [1.165, 1.54) is 0 Å². The van der Waals surface area contributed by atoms with Crippen molar-refractivity contribution < 1.29 is 19.1 Å². The van der Waals surface area contributed by atoms with Gasteiger partial charge in [-0.1, -0.05) is 18.2 Å². The number of rotatable bonds is 4. The third-order valence-corrected chi connectivity index (χ3v) is 3.17. The summed E-state index contributed by atoms with van der Waals surface area (Å²) < 4.78 is 10.3. The zero-order chi connectivity index (χ0) is 14.4. The van der Waals surface area contributed by atoms with E-state index in [1.807, 2.05) is 6.07 Å². The van der Waals surface area contributed by atoms with E-state index < -0.39 is 0 Å². The number of esters is 1. The molecule has 1 aliphatic heterocycles. The van der Waals surface area contributed by atoms with Gasteiger partial charge in [0.1, 0.15) is 5.75 Å². The molecule has 1 fully saturated rings. The van der Waals surface area contributed by atoms with Crippen LogP contribution in [0, 0.1) is 0 Å². The van der Waals surface area contributed by atoms with Gasteiger partial charge in [0, 0.05) is 18.7 Å². The molecule has 2 rings (SSSR count). The van der Waals surface area contributed by atoms with Crippen LogP contribution in [0.2, 0.25) is 0 Å². The molecule has 5 heteroatoms. The van der Waals surface area contributed by atoms with Gasteiger partial charge < -0.3 is 14.4 Å². The van der Waals surface area contributed by atoms with E-state index in [4.69, 9.17) is 9.47 Å². The average Bonchev–Trinajstić information content (AvgIpc) is 2.95. The molecule has 108 valence electrons. The van der Waals surface area contributed by atoms with Crippen LogP contribution in [0.15, 0.2) is 24.3 Å². The molecule has 0 aromatic heterocycles. The Morgan fingerprint density at radius 1 is 1.20 bits per heavy atom. The van der Waals surface area contributed by atoms with Gasteiger partial charge in [0.15, 0.2) is 0 Å². The number of carbonyl (C=O) groups excluding carboxylic acids is 2. The number of carbonyl (C=O) groups is 2. The highest BCUT2D eigenvalue weighted by Crippen LogP contribution is 2.21. The number of likely N-dealkylation sites (tertiary alicyclic amines) is 1. The molecule has 0 aliphatic carbocycles. The van der Waals surface area contributed by atoms with Crippen LogP contribution in [0.3, 0.4) is 0 Å². The maximum Gasteiger partial charge on any atom is 0.415 e. The molecule has 1 amide bonds. The lowest BCUT2D eigenvalue weighted by Gasteiger charge is -2.16. The summed E-state index contributed by atoms with van der Waals surface area (Å²) in [5.74, 6) is 0.106. The summed E-state index contributed by atoms with van der Waals surface area (Å²) in [6, 6.07) is 7.05. The van der Waals surface area contributed by atoms with Crippen molar-refractivity contribution in [3.05, 3.63) is 29.8 Å². The molecule has 0 atom stereocenters. The summed E-state index contributed by atoms with van der Waals surface area (Å²) >= 11 is 0. The number of amides is 1. The standard InChI is InChI=1S/C15H19NO4/c1-2-19-14(17)11-12-7-3-4-8-13(12)20-15(18)16-9-5-6-10-16/h3-4,7-8H,2,5-6,9-11H2,1H3. The first-order valence-electron chi connectivity index (χ1n) is 6.91. The van der Waals surface area contributed by atoms with Gasteiger partial charge in [-0.05, 0) is 25.8 Å². The van der Waals surface area contributed by atoms with Crippen LogP contribution < -0.4 is 4.74 Å². The maximum atomic E-state index is 12.0. The van der Waals surface area contributed by atoms with E-state index in [0.29, 0.717) is 17.9 Å². The Hall–Kier alpha value is -2.04. The number of ether oxygens (including phenoxy) is 2. The van der Waals surface area contributed by atoms with E-state index in [-0.39, 0.29) is 18.5 Å². The van der Waals surface area contributed by atoms with Crippen molar-refractivity contribution >= 4 is 12.1 Å². The minimum absolute atomic E-state index is 0.108. The smallest absolute Gasteiger partial charge is 0.415 e. The fourth-order valence-corrected chi connectivity index (χ4v) is 2.18. The predicted octanol–water partition coefficient (Wildman–Crippen LogP) is 2.39. The quantitative estimate of drug-likeness (QED) is 0.793. The molecular formula is C15H19NO4. The molecular weight excluding hydrogens is 258 g/mol. The largest absolute Gasteiger partial charge is 0.466 e. The lowest BCUT2D eigenvalue weighted by atomic mass is 10.1. The number of para-hydroxylation sites is 1. The van der Waals surface area contributed by atoms with Crippen LogP contribution in [-0.4, -0.2) is 36.7 Å². The van der Waals surface area contributed by atoms with E-state index in [2.05, 4.69) is 0 Å². The van der Waals surface area contributed by atoms with Crippen LogP contribution >= 0.6 is 0 Å². The topological polar surface area (TPSA) is 55.8 Å². The lowest BCUT2D eigenvalue weighted by Crippen LogP contribution is -2.30. The first-order chi connectivity index (χ1) is 9.70. The molecule has 1 heterocycles. The third kappa shape index (κ3) is 3.73. The van der Waals surface area contributed by atoms with Gasteiger partial charge in [-0.3, -0.25) is 4.79 Å². The Bertz CT molecular complexity index is 481. The van der Waals surface area contributed by atoms with E-state index >= 15 is 0 Å². The van der Waals surface area contributed by atoms with E-state index in [0.717, 1.165) is 25.9 Å². The van der Waals surface area contributed by atoms with E-state index in [1.54, 1.807) is 30.0 Å². The zero-order valence-corrected chi connectivity index (χ0v) is 11.6. The van der Waals surface area contributed by atoms with Crippen molar-refractivity contribution in [2.45, 2.75) is 26.2 Å². The second-order valence-corrected chi connectivity index (χ2v) is 4.65. The van der Waals surface area contributed by atoms with Crippen molar-refractivity contribution in [1.82, 2.24) is 4.90 Å². The highest BCUT2D eigenvalue weighted by atomic mass is 16.6. The number of hydrogen-bond acceptors (Lipinski definition) is 4. The van der Waals surface area contributed by atoms with Gasteiger partial charge in [0.05, 0.1) is 13.0 Å². The third-order valence-electron chi connectivity index (χ3n) is 3.17. The van der Waals surface area contributed by atoms with Crippen molar-refractivity contribution in [3.8, 4) is 5.75 Å².